The molecule has 2 aromatic heterocycles. The fourth-order valence-electron chi connectivity index (χ4n) is 1.16. The monoisotopic (exact) mass is 250 g/mol. The minimum Gasteiger partial charge on any atom is -0.387 e. The van der Waals surface area contributed by atoms with Gasteiger partial charge in [0.1, 0.15) is 17.3 Å². The maximum atomic E-state index is 10.9. The molecule has 0 radical (unpaired) electrons. The highest BCUT2D eigenvalue weighted by molar-refractivity contribution is 7.14. The SMILES string of the molecule is O=C(CO)NCc1cnc(-c2cccnn2)s1. The van der Waals surface area contributed by atoms with Gasteiger partial charge in [-0.3, -0.25) is 4.79 Å². The van der Waals surface area contributed by atoms with E-state index in [0.717, 1.165) is 9.88 Å². The average molecular weight is 250 g/mol. The standard InChI is InChI=1S/C10H10N4O2S/c15-6-9(16)11-4-7-5-12-10(17-7)8-2-1-3-13-14-8/h1-3,5,15H,4,6H2,(H,11,16). The summed E-state index contributed by atoms with van der Waals surface area (Å²) in [6, 6.07) is 3.61. The predicted octanol–water partition coefficient (Wildman–Crippen LogP) is 0.209. The highest BCUT2D eigenvalue weighted by Gasteiger charge is 2.06. The Kier molecular flexibility index (Phi) is 3.73. The van der Waals surface area contributed by atoms with Crippen molar-refractivity contribution in [2.24, 2.45) is 0 Å². The molecule has 0 aromatic carbocycles. The van der Waals surface area contributed by atoms with E-state index in [4.69, 9.17) is 5.11 Å². The lowest BCUT2D eigenvalue weighted by Crippen LogP contribution is -2.25. The van der Waals surface area contributed by atoms with Gasteiger partial charge in [0.15, 0.2) is 0 Å². The maximum Gasteiger partial charge on any atom is 0.246 e. The highest BCUT2D eigenvalue weighted by atomic mass is 32.1. The number of hydrogen-bond donors (Lipinski definition) is 2. The van der Waals surface area contributed by atoms with Crippen LogP contribution in [0.3, 0.4) is 0 Å². The van der Waals surface area contributed by atoms with Crippen molar-refractivity contribution < 1.29 is 9.90 Å². The van der Waals surface area contributed by atoms with Crippen molar-refractivity contribution in [3.05, 3.63) is 29.4 Å². The molecular formula is C10H10N4O2S. The zero-order chi connectivity index (χ0) is 12.1. The zero-order valence-corrected chi connectivity index (χ0v) is 9.65. The summed E-state index contributed by atoms with van der Waals surface area (Å²) in [4.78, 5) is 16.0. The van der Waals surface area contributed by atoms with Crippen molar-refractivity contribution in [3.8, 4) is 10.7 Å². The van der Waals surface area contributed by atoms with Crippen molar-refractivity contribution >= 4 is 17.2 Å². The minimum atomic E-state index is -0.504. The first-order valence-corrected chi connectivity index (χ1v) is 5.71. The Balaban J connectivity index is 2.04. The van der Waals surface area contributed by atoms with Crippen LogP contribution in [0.2, 0.25) is 0 Å². The zero-order valence-electron chi connectivity index (χ0n) is 8.83. The molecule has 88 valence electrons. The van der Waals surface area contributed by atoms with Crippen molar-refractivity contribution in [3.63, 3.8) is 0 Å². The van der Waals surface area contributed by atoms with Crippen LogP contribution in [0.25, 0.3) is 10.7 Å². The smallest absolute Gasteiger partial charge is 0.246 e. The van der Waals surface area contributed by atoms with Crippen LogP contribution in [-0.4, -0.2) is 32.8 Å². The van der Waals surface area contributed by atoms with Crippen LogP contribution in [-0.2, 0) is 11.3 Å². The molecule has 0 bridgehead atoms. The molecule has 2 N–H and O–H groups in total. The van der Waals surface area contributed by atoms with E-state index in [0.29, 0.717) is 12.2 Å². The Morgan fingerprint density at radius 1 is 1.53 bits per heavy atom. The Hall–Kier alpha value is -1.86. The van der Waals surface area contributed by atoms with Gasteiger partial charge in [0.2, 0.25) is 5.91 Å². The van der Waals surface area contributed by atoms with Gasteiger partial charge in [-0.25, -0.2) is 4.98 Å². The molecule has 0 spiro atoms. The first kappa shape index (κ1) is 11.6. The molecule has 6 nitrogen and oxygen atoms in total. The number of carbonyl (C=O) groups is 1. The normalized spacial score (nSPS) is 10.2. The molecule has 2 aromatic rings. The van der Waals surface area contributed by atoms with Gasteiger partial charge in [-0.05, 0) is 12.1 Å². The predicted molar refractivity (Wildman–Crippen MR) is 62.1 cm³/mol. The van der Waals surface area contributed by atoms with Crippen LogP contribution in [0.1, 0.15) is 4.88 Å². The van der Waals surface area contributed by atoms with Gasteiger partial charge >= 0.3 is 0 Å². The van der Waals surface area contributed by atoms with Crippen LogP contribution in [0.15, 0.2) is 24.5 Å². The summed E-state index contributed by atoms with van der Waals surface area (Å²) in [5.41, 5.74) is 0.706. The van der Waals surface area contributed by atoms with Crippen molar-refractivity contribution in [1.29, 1.82) is 0 Å². The van der Waals surface area contributed by atoms with E-state index in [9.17, 15) is 4.79 Å². The number of aliphatic hydroxyl groups excluding tert-OH is 1. The van der Waals surface area contributed by atoms with Gasteiger partial charge < -0.3 is 10.4 Å². The Morgan fingerprint density at radius 2 is 2.41 bits per heavy atom. The van der Waals surface area contributed by atoms with E-state index in [2.05, 4.69) is 20.5 Å². The number of rotatable bonds is 4. The molecular weight excluding hydrogens is 240 g/mol. The summed E-state index contributed by atoms with van der Waals surface area (Å²) >= 11 is 1.43. The second-order valence-electron chi connectivity index (χ2n) is 3.18. The topological polar surface area (TPSA) is 88.0 Å². The van der Waals surface area contributed by atoms with Crippen molar-refractivity contribution in [2.45, 2.75) is 6.54 Å². The van der Waals surface area contributed by atoms with Gasteiger partial charge in [0.05, 0.1) is 6.54 Å². The quantitative estimate of drug-likeness (QED) is 0.809. The van der Waals surface area contributed by atoms with E-state index in [-0.39, 0.29) is 0 Å². The Labute approximate surface area is 101 Å². The van der Waals surface area contributed by atoms with Crippen LogP contribution in [0, 0.1) is 0 Å². The van der Waals surface area contributed by atoms with Crippen LogP contribution < -0.4 is 5.32 Å². The average Bonchev–Trinajstić information content (AvgIpc) is 2.86. The van der Waals surface area contributed by atoms with Gasteiger partial charge in [-0.2, -0.15) is 5.10 Å². The highest BCUT2D eigenvalue weighted by Crippen LogP contribution is 2.22. The fraction of sp³-hybridized carbons (Fsp3) is 0.200. The summed E-state index contributed by atoms with van der Waals surface area (Å²) in [7, 11) is 0. The number of aliphatic hydroxyl groups is 1. The Morgan fingerprint density at radius 3 is 3.12 bits per heavy atom. The lowest BCUT2D eigenvalue weighted by atomic mass is 10.4. The van der Waals surface area contributed by atoms with E-state index in [1.54, 1.807) is 18.5 Å². The second kappa shape index (κ2) is 5.46. The van der Waals surface area contributed by atoms with E-state index < -0.39 is 12.5 Å². The maximum absolute atomic E-state index is 10.9. The number of aromatic nitrogens is 3. The van der Waals surface area contributed by atoms with E-state index >= 15 is 0 Å². The van der Waals surface area contributed by atoms with Gasteiger partial charge in [0.25, 0.3) is 0 Å². The molecule has 0 saturated heterocycles. The first-order chi connectivity index (χ1) is 8.29. The largest absolute Gasteiger partial charge is 0.387 e. The van der Waals surface area contributed by atoms with Crippen LogP contribution in [0.4, 0.5) is 0 Å². The van der Waals surface area contributed by atoms with Gasteiger partial charge in [-0.15, -0.1) is 16.4 Å². The molecule has 1 amide bonds. The van der Waals surface area contributed by atoms with E-state index in [1.807, 2.05) is 6.07 Å². The van der Waals surface area contributed by atoms with Crippen molar-refractivity contribution in [1.82, 2.24) is 20.5 Å². The minimum absolute atomic E-state index is 0.358. The lowest BCUT2D eigenvalue weighted by molar-refractivity contribution is -0.123. The molecule has 2 heterocycles. The number of amides is 1. The number of thiazole rings is 1. The number of nitrogens with zero attached hydrogens (tertiary/aromatic N) is 3. The number of hydrogen-bond acceptors (Lipinski definition) is 6. The van der Waals surface area contributed by atoms with Crippen molar-refractivity contribution in [2.75, 3.05) is 6.61 Å². The number of carbonyl (C=O) groups excluding carboxylic acids is 1. The third kappa shape index (κ3) is 3.05. The summed E-state index contributed by atoms with van der Waals surface area (Å²) < 4.78 is 0. The van der Waals surface area contributed by atoms with Gasteiger partial charge in [0, 0.05) is 17.3 Å². The summed E-state index contributed by atoms with van der Waals surface area (Å²) in [5, 5.41) is 19.6. The molecule has 7 heteroatoms. The molecule has 2 rings (SSSR count). The third-order valence-electron chi connectivity index (χ3n) is 1.95. The summed E-state index contributed by atoms with van der Waals surface area (Å²) in [5.74, 6) is -0.403. The lowest BCUT2D eigenvalue weighted by Gasteiger charge is -1.98. The molecule has 0 unspecified atom stereocenters. The third-order valence-corrected chi connectivity index (χ3v) is 2.97. The number of nitrogens with one attached hydrogen (secondary N) is 1. The van der Waals surface area contributed by atoms with Crippen LogP contribution >= 0.6 is 11.3 Å². The second-order valence-corrected chi connectivity index (χ2v) is 4.29. The summed E-state index contributed by atoms with van der Waals surface area (Å²) in [6.45, 7) is -0.146. The molecule has 0 atom stereocenters. The van der Waals surface area contributed by atoms with Gasteiger partial charge in [-0.1, -0.05) is 0 Å². The molecule has 0 aliphatic rings. The first-order valence-electron chi connectivity index (χ1n) is 4.90. The van der Waals surface area contributed by atoms with Crippen LogP contribution in [0.5, 0.6) is 0 Å². The molecule has 0 aliphatic carbocycles. The molecule has 0 fully saturated rings. The molecule has 0 aliphatic heterocycles. The molecule has 17 heavy (non-hydrogen) atoms. The van der Waals surface area contributed by atoms with E-state index in [1.165, 1.54) is 11.3 Å². The Bertz CT molecular complexity index is 500. The summed E-state index contributed by atoms with van der Waals surface area (Å²) in [6.07, 6.45) is 3.27. The molecule has 0 saturated carbocycles. The fourth-order valence-corrected chi connectivity index (χ4v) is 1.98.